The van der Waals surface area contributed by atoms with Gasteiger partial charge in [-0.15, -0.1) is 0 Å². The quantitative estimate of drug-likeness (QED) is 0.261. The summed E-state index contributed by atoms with van der Waals surface area (Å²) in [5, 5.41) is 16.1. The van der Waals surface area contributed by atoms with E-state index in [1.807, 2.05) is 0 Å². The van der Waals surface area contributed by atoms with Crippen LogP contribution in [0.4, 0.5) is 17.6 Å². The lowest BCUT2D eigenvalue weighted by Gasteiger charge is -2.17. The molecule has 0 aromatic heterocycles. The minimum Gasteiger partial charge on any atom is -0.299 e. The second kappa shape index (κ2) is 11.4. The van der Waals surface area contributed by atoms with Gasteiger partial charge < -0.3 is 0 Å². The molecule has 0 bridgehead atoms. The van der Waals surface area contributed by atoms with Crippen LogP contribution in [0.25, 0.3) is 0 Å². The molecule has 0 spiro atoms. The molecule has 0 saturated carbocycles. The number of hydrogen-bond donors (Lipinski definition) is 2. The molecule has 0 fully saturated rings. The molecule has 0 aliphatic carbocycles. The zero-order chi connectivity index (χ0) is 22.8. The Kier molecular flexibility index (Phi) is 9.29. The summed E-state index contributed by atoms with van der Waals surface area (Å²) in [6.07, 6.45) is 9.76. The molecule has 0 radical (unpaired) electrons. The Bertz CT molecular complexity index is 1000. The molecule has 0 amide bonds. The predicted octanol–water partition coefficient (Wildman–Crippen LogP) is 6.56. The normalized spacial score (nSPS) is 13.5. The summed E-state index contributed by atoms with van der Waals surface area (Å²) >= 11 is 0. The predicted molar refractivity (Wildman–Crippen MR) is 115 cm³/mol. The van der Waals surface area contributed by atoms with E-state index >= 15 is 0 Å². The van der Waals surface area contributed by atoms with Crippen LogP contribution < -0.4 is 0 Å². The van der Waals surface area contributed by atoms with E-state index in [0.717, 1.165) is 6.20 Å². The van der Waals surface area contributed by atoms with Crippen molar-refractivity contribution in [3.63, 3.8) is 0 Å². The first-order chi connectivity index (χ1) is 14.2. The van der Waals surface area contributed by atoms with Gasteiger partial charge >= 0.3 is 0 Å². The van der Waals surface area contributed by atoms with E-state index < -0.39 is 40.3 Å². The first-order valence-electron chi connectivity index (χ1n) is 8.73. The average Bonchev–Trinajstić information content (AvgIpc) is 2.66. The van der Waals surface area contributed by atoms with Crippen LogP contribution >= 0.6 is 0 Å². The van der Waals surface area contributed by atoms with Crippen LogP contribution in [0.5, 0.6) is 0 Å². The zero-order valence-corrected chi connectivity index (χ0v) is 16.6. The average molecular weight is 415 g/mol. The Labute approximate surface area is 172 Å². The van der Waals surface area contributed by atoms with Gasteiger partial charge in [0.15, 0.2) is 0 Å². The Balaban J connectivity index is 4.12. The number of benzene rings is 1. The van der Waals surface area contributed by atoms with Gasteiger partial charge in [-0.05, 0) is 25.5 Å². The molecule has 1 aromatic carbocycles. The maximum absolute atomic E-state index is 14.4. The van der Waals surface area contributed by atoms with E-state index in [4.69, 9.17) is 10.8 Å². The van der Waals surface area contributed by atoms with E-state index in [2.05, 4.69) is 18.2 Å². The number of halogens is 4. The van der Waals surface area contributed by atoms with Gasteiger partial charge in [0.25, 0.3) is 0 Å². The van der Waals surface area contributed by atoms with Crippen LogP contribution in [-0.2, 0) is 0 Å². The molecule has 0 atom stereocenters. The van der Waals surface area contributed by atoms with Gasteiger partial charge in [0.2, 0.25) is 5.97 Å². The topological polar surface area (TPSA) is 60.1 Å². The fourth-order valence-electron chi connectivity index (χ4n) is 2.61. The molecule has 1 rings (SSSR count). The lowest BCUT2D eigenvalue weighted by atomic mass is 9.88. The van der Waals surface area contributed by atoms with Crippen LogP contribution in [0.1, 0.15) is 19.4 Å². The molecule has 0 heterocycles. The Morgan fingerprint density at radius 2 is 1.60 bits per heavy atom. The Morgan fingerprint density at radius 1 is 1.00 bits per heavy atom. The van der Waals surface area contributed by atoms with Gasteiger partial charge in [0.05, 0.1) is 22.6 Å². The lowest BCUT2D eigenvalue weighted by molar-refractivity contribution is 0.540. The van der Waals surface area contributed by atoms with Crippen molar-refractivity contribution in [2.24, 2.45) is 4.99 Å². The van der Waals surface area contributed by atoms with Crippen LogP contribution in [0.15, 0.2) is 89.7 Å². The van der Waals surface area contributed by atoms with Crippen molar-refractivity contribution in [3.05, 3.63) is 108 Å². The summed E-state index contributed by atoms with van der Waals surface area (Å²) in [7, 11) is 0. The zero-order valence-electron chi connectivity index (χ0n) is 16.6. The van der Waals surface area contributed by atoms with Crippen molar-refractivity contribution in [1.82, 2.24) is 0 Å². The van der Waals surface area contributed by atoms with Gasteiger partial charge in [-0.1, -0.05) is 43.5 Å². The number of hydrogen-bond acceptors (Lipinski definition) is 3. The SMILES string of the molecule is C=C\C=C/C(=C\C)C(/C(=N)c1c(F)cc(F)cc1F)=C(/C(=N)F)C(/C=C\C)=NC=C. The van der Waals surface area contributed by atoms with Gasteiger partial charge in [-0.3, -0.25) is 15.8 Å². The summed E-state index contributed by atoms with van der Waals surface area (Å²) < 4.78 is 56.6. The van der Waals surface area contributed by atoms with E-state index in [0.29, 0.717) is 12.1 Å². The molecule has 0 aliphatic rings. The van der Waals surface area contributed by atoms with Crippen molar-refractivity contribution in [2.45, 2.75) is 13.8 Å². The number of nitrogens with zero attached hydrogens (tertiary/aromatic N) is 1. The second-order valence-electron chi connectivity index (χ2n) is 5.72. The third-order valence-corrected chi connectivity index (χ3v) is 3.80. The van der Waals surface area contributed by atoms with Crippen molar-refractivity contribution in [3.8, 4) is 0 Å². The van der Waals surface area contributed by atoms with Gasteiger partial charge in [-0.2, -0.15) is 4.39 Å². The number of allylic oxidation sites excluding steroid dienone is 9. The van der Waals surface area contributed by atoms with E-state index in [-0.39, 0.29) is 16.9 Å². The first kappa shape index (κ1) is 24.4. The van der Waals surface area contributed by atoms with Crippen molar-refractivity contribution in [2.75, 3.05) is 0 Å². The van der Waals surface area contributed by atoms with Crippen LogP contribution in [-0.4, -0.2) is 17.4 Å². The fourth-order valence-corrected chi connectivity index (χ4v) is 2.61. The lowest BCUT2D eigenvalue weighted by Crippen LogP contribution is -2.19. The van der Waals surface area contributed by atoms with Crippen LogP contribution in [0.2, 0.25) is 0 Å². The fraction of sp³-hybridized carbons (Fsp3) is 0.0870. The molecule has 3 nitrogen and oxygen atoms in total. The molecular formula is C23H21F4N3. The number of nitrogens with one attached hydrogen (secondary N) is 2. The molecular weight excluding hydrogens is 394 g/mol. The smallest absolute Gasteiger partial charge is 0.215 e. The molecule has 1 aromatic rings. The Hall–Kier alpha value is -3.61. The molecule has 0 saturated heterocycles. The van der Waals surface area contributed by atoms with E-state index in [1.54, 1.807) is 13.8 Å². The molecule has 0 aliphatic heterocycles. The monoisotopic (exact) mass is 415 g/mol. The highest BCUT2D eigenvalue weighted by molar-refractivity contribution is 6.31. The highest BCUT2D eigenvalue weighted by Gasteiger charge is 2.26. The third-order valence-electron chi connectivity index (χ3n) is 3.80. The summed E-state index contributed by atoms with van der Waals surface area (Å²) in [6.45, 7) is 10.2. The molecule has 156 valence electrons. The number of rotatable bonds is 9. The summed E-state index contributed by atoms with van der Waals surface area (Å²) in [5.74, 6) is -5.32. The van der Waals surface area contributed by atoms with E-state index in [9.17, 15) is 17.6 Å². The molecule has 7 heteroatoms. The van der Waals surface area contributed by atoms with Gasteiger partial charge in [-0.25, -0.2) is 13.2 Å². The second-order valence-corrected chi connectivity index (χ2v) is 5.72. The van der Waals surface area contributed by atoms with Crippen LogP contribution in [0.3, 0.4) is 0 Å². The van der Waals surface area contributed by atoms with E-state index in [1.165, 1.54) is 36.5 Å². The van der Waals surface area contributed by atoms with Crippen molar-refractivity contribution < 1.29 is 17.6 Å². The molecule has 2 N–H and O–H groups in total. The largest absolute Gasteiger partial charge is 0.299 e. The number of aliphatic imine (C=N–C) groups is 1. The third kappa shape index (κ3) is 5.70. The van der Waals surface area contributed by atoms with Crippen LogP contribution in [0, 0.1) is 28.3 Å². The summed E-state index contributed by atoms with van der Waals surface area (Å²) in [4.78, 5) is 3.93. The minimum absolute atomic E-state index is 0.0889. The Morgan fingerprint density at radius 3 is 2.03 bits per heavy atom. The molecule has 0 unspecified atom stereocenters. The van der Waals surface area contributed by atoms with Crippen molar-refractivity contribution in [1.29, 1.82) is 10.8 Å². The maximum Gasteiger partial charge on any atom is 0.215 e. The summed E-state index contributed by atoms with van der Waals surface area (Å²) in [5.41, 5.74) is -2.37. The standard InChI is InChI=1S/C23H21F4N3/c1-5-9-11-14(7-3)19(21(23(27)29)18(10-6-2)30-8-4)22(28)20-16(25)12-15(24)13-17(20)26/h5-13,28-29H,1,4H2,2-3H3/b10-6-,11-9-,14-7+,21-19-,28-22?,29-23?,30-18?. The van der Waals surface area contributed by atoms with Crippen molar-refractivity contribution >= 4 is 17.4 Å². The van der Waals surface area contributed by atoms with Gasteiger partial charge in [0.1, 0.15) is 17.5 Å². The highest BCUT2D eigenvalue weighted by atomic mass is 19.1. The summed E-state index contributed by atoms with van der Waals surface area (Å²) in [6, 6.07) is 0.842. The first-order valence-corrected chi connectivity index (χ1v) is 8.73. The minimum atomic E-state index is -1.48. The highest BCUT2D eigenvalue weighted by Crippen LogP contribution is 2.27. The molecule has 30 heavy (non-hydrogen) atoms. The maximum atomic E-state index is 14.4. The van der Waals surface area contributed by atoms with Gasteiger partial charge in [0, 0.05) is 23.9 Å².